The highest BCUT2D eigenvalue weighted by molar-refractivity contribution is 4.83. The highest BCUT2D eigenvalue weighted by atomic mass is 16.6. The summed E-state index contributed by atoms with van der Waals surface area (Å²) >= 11 is 0. The second-order valence-corrected chi connectivity index (χ2v) is 2.84. The number of unbranched alkanes of at least 4 members (excludes halogenated alkanes) is 1. The Morgan fingerprint density at radius 1 is 1.50 bits per heavy atom. The molecule has 10 heavy (non-hydrogen) atoms. The topological polar surface area (TPSA) is 12.5 Å². The summed E-state index contributed by atoms with van der Waals surface area (Å²) in [7, 11) is 0. The minimum atomic E-state index is 0.588. The molecule has 1 aliphatic heterocycles. The lowest BCUT2D eigenvalue weighted by Gasteiger charge is -1.90. The van der Waals surface area contributed by atoms with Crippen molar-refractivity contribution in [2.75, 3.05) is 0 Å². The third-order valence-electron chi connectivity index (χ3n) is 1.99. The van der Waals surface area contributed by atoms with Gasteiger partial charge in [0.2, 0.25) is 0 Å². The van der Waals surface area contributed by atoms with E-state index in [2.05, 4.69) is 13.5 Å². The Labute approximate surface area is 63.1 Å². The van der Waals surface area contributed by atoms with Gasteiger partial charge in [0.15, 0.2) is 0 Å². The van der Waals surface area contributed by atoms with Gasteiger partial charge in [-0.25, -0.2) is 0 Å². The van der Waals surface area contributed by atoms with Gasteiger partial charge in [0.25, 0.3) is 0 Å². The number of epoxide rings is 1. The second kappa shape index (κ2) is 3.77. The molecule has 0 aromatic carbocycles. The van der Waals surface area contributed by atoms with Gasteiger partial charge in [-0.2, -0.15) is 0 Å². The van der Waals surface area contributed by atoms with E-state index in [1.165, 1.54) is 19.3 Å². The van der Waals surface area contributed by atoms with Crippen molar-refractivity contribution in [2.24, 2.45) is 0 Å². The highest BCUT2D eigenvalue weighted by Gasteiger charge is 2.35. The summed E-state index contributed by atoms with van der Waals surface area (Å²) in [6.07, 6.45) is 7.93. The molecule has 0 bridgehead atoms. The van der Waals surface area contributed by atoms with E-state index in [-0.39, 0.29) is 0 Å². The molecule has 2 atom stereocenters. The lowest BCUT2D eigenvalue weighted by Crippen LogP contribution is -1.90. The standard InChI is InChI=1S/C9H16O/c1-3-5-6-7-9-8(4-2)10-9/h3,8-9H,1,4-7H2,2H3. The number of hydrogen-bond donors (Lipinski definition) is 0. The first kappa shape index (κ1) is 7.80. The molecule has 1 rings (SSSR count). The zero-order chi connectivity index (χ0) is 7.40. The highest BCUT2D eigenvalue weighted by Crippen LogP contribution is 2.29. The van der Waals surface area contributed by atoms with Gasteiger partial charge in [-0.15, -0.1) is 6.58 Å². The lowest BCUT2D eigenvalue weighted by molar-refractivity contribution is 0.357. The van der Waals surface area contributed by atoms with Gasteiger partial charge in [0, 0.05) is 0 Å². The first-order valence-corrected chi connectivity index (χ1v) is 4.14. The number of rotatable bonds is 5. The van der Waals surface area contributed by atoms with Gasteiger partial charge in [-0.05, 0) is 25.7 Å². The van der Waals surface area contributed by atoms with Crippen LogP contribution < -0.4 is 0 Å². The summed E-state index contributed by atoms with van der Waals surface area (Å²) in [5, 5.41) is 0. The van der Waals surface area contributed by atoms with E-state index >= 15 is 0 Å². The number of ether oxygens (including phenoxy) is 1. The van der Waals surface area contributed by atoms with E-state index in [0.29, 0.717) is 12.2 Å². The maximum Gasteiger partial charge on any atom is 0.0841 e. The summed E-state index contributed by atoms with van der Waals surface area (Å²) in [6.45, 7) is 5.86. The van der Waals surface area contributed by atoms with Gasteiger partial charge in [-0.1, -0.05) is 13.0 Å². The second-order valence-electron chi connectivity index (χ2n) is 2.84. The van der Waals surface area contributed by atoms with Crippen molar-refractivity contribution in [3.05, 3.63) is 12.7 Å². The van der Waals surface area contributed by atoms with Crippen molar-refractivity contribution in [3.8, 4) is 0 Å². The minimum absolute atomic E-state index is 0.588. The van der Waals surface area contributed by atoms with E-state index in [4.69, 9.17) is 4.74 Å². The van der Waals surface area contributed by atoms with Gasteiger partial charge < -0.3 is 4.74 Å². The summed E-state index contributed by atoms with van der Waals surface area (Å²) in [5.74, 6) is 0. The van der Waals surface area contributed by atoms with Crippen molar-refractivity contribution < 1.29 is 4.74 Å². The molecule has 1 fully saturated rings. The van der Waals surface area contributed by atoms with Crippen molar-refractivity contribution in [3.63, 3.8) is 0 Å². The normalized spacial score (nSPS) is 30.1. The Hall–Kier alpha value is -0.300. The number of allylic oxidation sites excluding steroid dienone is 1. The average molecular weight is 140 g/mol. The molecule has 0 aliphatic carbocycles. The van der Waals surface area contributed by atoms with Crippen molar-refractivity contribution in [1.82, 2.24) is 0 Å². The molecular formula is C9H16O. The predicted octanol–water partition coefficient (Wildman–Crippen LogP) is 2.52. The Morgan fingerprint density at radius 2 is 2.30 bits per heavy atom. The van der Waals surface area contributed by atoms with Crippen molar-refractivity contribution in [2.45, 2.75) is 44.8 Å². The van der Waals surface area contributed by atoms with E-state index in [1.54, 1.807) is 0 Å². The molecule has 0 amide bonds. The van der Waals surface area contributed by atoms with Crippen molar-refractivity contribution in [1.29, 1.82) is 0 Å². The monoisotopic (exact) mass is 140 g/mol. The molecule has 1 heterocycles. The molecule has 2 unspecified atom stereocenters. The first-order valence-electron chi connectivity index (χ1n) is 4.14. The summed E-state index contributed by atoms with van der Waals surface area (Å²) in [5.41, 5.74) is 0. The van der Waals surface area contributed by atoms with E-state index in [0.717, 1.165) is 6.42 Å². The summed E-state index contributed by atoms with van der Waals surface area (Å²) in [6, 6.07) is 0. The van der Waals surface area contributed by atoms with E-state index < -0.39 is 0 Å². The molecule has 58 valence electrons. The Morgan fingerprint density at radius 3 is 2.80 bits per heavy atom. The van der Waals surface area contributed by atoms with Crippen LogP contribution in [-0.4, -0.2) is 12.2 Å². The molecule has 0 N–H and O–H groups in total. The Balaban J connectivity index is 1.91. The Kier molecular flexibility index (Phi) is 2.94. The van der Waals surface area contributed by atoms with Crippen LogP contribution in [0.15, 0.2) is 12.7 Å². The molecule has 0 spiro atoms. The average Bonchev–Trinajstić information content (AvgIpc) is 2.68. The van der Waals surface area contributed by atoms with Crippen molar-refractivity contribution >= 4 is 0 Å². The van der Waals surface area contributed by atoms with Crippen LogP contribution in [0, 0.1) is 0 Å². The molecule has 1 heteroatoms. The van der Waals surface area contributed by atoms with E-state index in [1.807, 2.05) is 6.08 Å². The third kappa shape index (κ3) is 2.14. The van der Waals surface area contributed by atoms with Crippen LogP contribution in [-0.2, 0) is 4.74 Å². The molecular weight excluding hydrogens is 124 g/mol. The maximum atomic E-state index is 5.38. The van der Waals surface area contributed by atoms with Crippen LogP contribution in [0.3, 0.4) is 0 Å². The van der Waals surface area contributed by atoms with Crippen LogP contribution in [0.5, 0.6) is 0 Å². The van der Waals surface area contributed by atoms with Crippen LogP contribution in [0.25, 0.3) is 0 Å². The van der Waals surface area contributed by atoms with Gasteiger partial charge in [0.1, 0.15) is 0 Å². The molecule has 1 nitrogen and oxygen atoms in total. The minimum Gasteiger partial charge on any atom is -0.370 e. The Bertz CT molecular complexity index is 109. The van der Waals surface area contributed by atoms with E-state index in [9.17, 15) is 0 Å². The quantitative estimate of drug-likeness (QED) is 0.325. The molecule has 0 saturated carbocycles. The van der Waals surface area contributed by atoms with Crippen LogP contribution >= 0.6 is 0 Å². The van der Waals surface area contributed by atoms with Gasteiger partial charge >= 0.3 is 0 Å². The predicted molar refractivity (Wildman–Crippen MR) is 43.0 cm³/mol. The molecule has 0 radical (unpaired) electrons. The largest absolute Gasteiger partial charge is 0.370 e. The van der Waals surface area contributed by atoms with Gasteiger partial charge in [-0.3, -0.25) is 0 Å². The molecule has 0 aromatic heterocycles. The van der Waals surface area contributed by atoms with Crippen LogP contribution in [0.1, 0.15) is 32.6 Å². The fraction of sp³-hybridized carbons (Fsp3) is 0.778. The molecule has 1 saturated heterocycles. The zero-order valence-corrected chi connectivity index (χ0v) is 6.68. The SMILES string of the molecule is C=CCCCC1OC1CC. The fourth-order valence-corrected chi connectivity index (χ4v) is 1.26. The van der Waals surface area contributed by atoms with Crippen LogP contribution in [0.2, 0.25) is 0 Å². The smallest absolute Gasteiger partial charge is 0.0841 e. The molecule has 0 aromatic rings. The summed E-state index contributed by atoms with van der Waals surface area (Å²) in [4.78, 5) is 0. The fourth-order valence-electron chi connectivity index (χ4n) is 1.26. The summed E-state index contributed by atoms with van der Waals surface area (Å²) < 4.78 is 5.38. The number of hydrogen-bond acceptors (Lipinski definition) is 1. The van der Waals surface area contributed by atoms with Crippen LogP contribution in [0.4, 0.5) is 0 Å². The first-order chi connectivity index (χ1) is 4.88. The maximum absolute atomic E-state index is 5.38. The zero-order valence-electron chi connectivity index (χ0n) is 6.68. The lowest BCUT2D eigenvalue weighted by atomic mass is 10.1. The third-order valence-corrected chi connectivity index (χ3v) is 1.99. The van der Waals surface area contributed by atoms with Gasteiger partial charge in [0.05, 0.1) is 12.2 Å². The molecule has 1 aliphatic rings.